The van der Waals surface area contributed by atoms with Gasteiger partial charge in [0.15, 0.2) is 0 Å². The third-order valence-corrected chi connectivity index (χ3v) is 0.851. The van der Waals surface area contributed by atoms with E-state index in [0.29, 0.717) is 0 Å². The van der Waals surface area contributed by atoms with E-state index in [-0.39, 0.29) is 11.2 Å². The number of carbonyl (C=O) groups is 1. The summed E-state index contributed by atoms with van der Waals surface area (Å²) in [5.74, 6) is -0.891. The first-order valence-electron chi connectivity index (χ1n) is 5.20. The van der Waals surface area contributed by atoms with Crippen LogP contribution in [-0.4, -0.2) is 22.3 Å². The molecule has 4 nitrogen and oxygen atoms in total. The van der Waals surface area contributed by atoms with E-state index in [4.69, 9.17) is 14.9 Å². The second-order valence-electron chi connectivity index (χ2n) is 5.23. The summed E-state index contributed by atoms with van der Waals surface area (Å²) in [5, 5.41) is 7.83. The fourth-order valence-corrected chi connectivity index (χ4v) is 0.393. The first-order valence-corrected chi connectivity index (χ1v) is 5.20. The standard InChI is InChI=1S/C8H18O2.C4H6O2/c1-7(2,3)9-10-8(4,5)6;1-2-3-4(5)6/h1-6H3;2-3H,1H3,(H,5,6)/b;3-2+. The van der Waals surface area contributed by atoms with Gasteiger partial charge in [0.2, 0.25) is 0 Å². The third-order valence-electron chi connectivity index (χ3n) is 0.851. The lowest BCUT2D eigenvalue weighted by atomic mass is 10.2. The molecule has 0 aromatic rings. The van der Waals surface area contributed by atoms with Gasteiger partial charge in [-0.3, -0.25) is 0 Å². The molecule has 4 heteroatoms. The molecule has 0 aliphatic carbocycles. The van der Waals surface area contributed by atoms with Gasteiger partial charge in [0.1, 0.15) is 0 Å². The lowest BCUT2D eigenvalue weighted by molar-refractivity contribution is -0.393. The molecule has 0 aromatic carbocycles. The zero-order chi connectivity index (χ0) is 13.4. The smallest absolute Gasteiger partial charge is 0.327 e. The van der Waals surface area contributed by atoms with E-state index < -0.39 is 5.97 Å². The Morgan fingerprint density at radius 3 is 1.38 bits per heavy atom. The molecular formula is C12H24O4. The van der Waals surface area contributed by atoms with Crippen LogP contribution >= 0.6 is 0 Å². The molecule has 0 spiro atoms. The van der Waals surface area contributed by atoms with Gasteiger partial charge in [0, 0.05) is 6.08 Å². The van der Waals surface area contributed by atoms with Crippen molar-refractivity contribution in [1.82, 2.24) is 0 Å². The minimum absolute atomic E-state index is 0.215. The molecular weight excluding hydrogens is 208 g/mol. The lowest BCUT2D eigenvalue weighted by Gasteiger charge is -2.24. The largest absolute Gasteiger partial charge is 0.478 e. The molecule has 0 atom stereocenters. The molecule has 16 heavy (non-hydrogen) atoms. The number of hydrogen-bond donors (Lipinski definition) is 1. The normalized spacial score (nSPS) is 12.2. The van der Waals surface area contributed by atoms with Gasteiger partial charge in [-0.15, -0.1) is 0 Å². The summed E-state index contributed by atoms with van der Waals surface area (Å²) in [4.78, 5) is 19.7. The van der Waals surface area contributed by atoms with Gasteiger partial charge in [-0.1, -0.05) is 6.08 Å². The molecule has 0 heterocycles. The molecule has 0 aliphatic rings. The van der Waals surface area contributed by atoms with E-state index in [9.17, 15) is 4.79 Å². The lowest BCUT2D eigenvalue weighted by Crippen LogP contribution is -2.27. The molecule has 0 bridgehead atoms. The number of hydrogen-bond acceptors (Lipinski definition) is 3. The van der Waals surface area contributed by atoms with Crippen LogP contribution in [0.2, 0.25) is 0 Å². The van der Waals surface area contributed by atoms with Gasteiger partial charge in [-0.05, 0) is 48.5 Å². The van der Waals surface area contributed by atoms with Crippen molar-refractivity contribution >= 4 is 5.97 Å². The van der Waals surface area contributed by atoms with Gasteiger partial charge in [-0.2, -0.15) is 0 Å². The van der Waals surface area contributed by atoms with E-state index in [0.717, 1.165) is 6.08 Å². The minimum Gasteiger partial charge on any atom is -0.478 e. The maximum absolute atomic E-state index is 9.51. The quantitative estimate of drug-likeness (QED) is 0.451. The molecule has 0 fully saturated rings. The van der Waals surface area contributed by atoms with E-state index in [2.05, 4.69) is 0 Å². The van der Waals surface area contributed by atoms with Crippen LogP contribution in [0.3, 0.4) is 0 Å². The number of aliphatic carboxylic acids is 1. The van der Waals surface area contributed by atoms with Crippen LogP contribution in [0.15, 0.2) is 12.2 Å². The highest BCUT2D eigenvalue weighted by atomic mass is 17.2. The first-order chi connectivity index (χ1) is 6.98. The van der Waals surface area contributed by atoms with Crippen molar-refractivity contribution in [2.45, 2.75) is 59.7 Å². The Morgan fingerprint density at radius 2 is 1.31 bits per heavy atom. The van der Waals surface area contributed by atoms with Crippen molar-refractivity contribution in [2.24, 2.45) is 0 Å². The van der Waals surface area contributed by atoms with Gasteiger partial charge < -0.3 is 5.11 Å². The third kappa shape index (κ3) is 23.2. The minimum atomic E-state index is -0.891. The van der Waals surface area contributed by atoms with Crippen molar-refractivity contribution in [3.8, 4) is 0 Å². The Morgan fingerprint density at radius 1 is 1.00 bits per heavy atom. The van der Waals surface area contributed by atoms with Crippen molar-refractivity contribution in [3.63, 3.8) is 0 Å². The number of carboxylic acid groups (broad SMARTS) is 1. The van der Waals surface area contributed by atoms with E-state index in [1.807, 2.05) is 41.5 Å². The monoisotopic (exact) mass is 232 g/mol. The van der Waals surface area contributed by atoms with Crippen LogP contribution < -0.4 is 0 Å². The maximum atomic E-state index is 9.51. The number of carboxylic acids is 1. The molecule has 0 rings (SSSR count). The van der Waals surface area contributed by atoms with Crippen LogP contribution in [0.5, 0.6) is 0 Å². The van der Waals surface area contributed by atoms with Crippen LogP contribution in [0, 0.1) is 0 Å². The second-order valence-corrected chi connectivity index (χ2v) is 5.23. The van der Waals surface area contributed by atoms with Crippen LogP contribution in [0.1, 0.15) is 48.5 Å². The van der Waals surface area contributed by atoms with Gasteiger partial charge >= 0.3 is 5.97 Å². The fraction of sp³-hybridized carbons (Fsp3) is 0.750. The van der Waals surface area contributed by atoms with Crippen molar-refractivity contribution in [2.75, 3.05) is 0 Å². The second kappa shape index (κ2) is 7.41. The maximum Gasteiger partial charge on any atom is 0.327 e. The molecule has 0 amide bonds. The fourth-order valence-electron chi connectivity index (χ4n) is 0.393. The van der Waals surface area contributed by atoms with Gasteiger partial charge in [0.25, 0.3) is 0 Å². The highest BCUT2D eigenvalue weighted by Crippen LogP contribution is 2.14. The predicted octanol–water partition coefficient (Wildman–Crippen LogP) is 3.18. The van der Waals surface area contributed by atoms with Crippen molar-refractivity contribution in [1.29, 1.82) is 0 Å². The highest BCUT2D eigenvalue weighted by Gasteiger charge is 2.18. The molecule has 96 valence electrons. The van der Waals surface area contributed by atoms with Gasteiger partial charge in [-0.25, -0.2) is 14.6 Å². The Labute approximate surface area is 98.2 Å². The zero-order valence-corrected chi connectivity index (χ0v) is 11.3. The molecule has 0 saturated carbocycles. The van der Waals surface area contributed by atoms with E-state index >= 15 is 0 Å². The summed E-state index contributed by atoms with van der Waals surface area (Å²) >= 11 is 0. The highest BCUT2D eigenvalue weighted by molar-refractivity contribution is 5.79. The number of allylic oxidation sites excluding steroid dienone is 1. The summed E-state index contributed by atoms with van der Waals surface area (Å²) < 4.78 is 0. The van der Waals surface area contributed by atoms with Crippen LogP contribution in [0.25, 0.3) is 0 Å². The molecule has 0 radical (unpaired) electrons. The first kappa shape index (κ1) is 17.5. The Hall–Kier alpha value is -0.870. The summed E-state index contributed by atoms with van der Waals surface area (Å²) in [6.45, 7) is 13.4. The molecule has 1 N–H and O–H groups in total. The summed E-state index contributed by atoms with van der Waals surface area (Å²) in [6.07, 6.45) is 2.56. The number of rotatable bonds is 2. The predicted molar refractivity (Wildman–Crippen MR) is 64.1 cm³/mol. The summed E-state index contributed by atoms with van der Waals surface area (Å²) in [5.41, 5.74) is -0.430. The average Bonchev–Trinajstić information content (AvgIpc) is 1.99. The van der Waals surface area contributed by atoms with E-state index in [1.165, 1.54) is 6.08 Å². The van der Waals surface area contributed by atoms with Crippen molar-refractivity contribution < 1.29 is 19.7 Å². The molecule has 0 unspecified atom stereocenters. The average molecular weight is 232 g/mol. The Kier molecular flexibility index (Phi) is 8.12. The van der Waals surface area contributed by atoms with E-state index in [1.54, 1.807) is 6.92 Å². The van der Waals surface area contributed by atoms with Crippen LogP contribution in [0.4, 0.5) is 0 Å². The molecule has 0 aromatic heterocycles. The topological polar surface area (TPSA) is 55.8 Å². The zero-order valence-electron chi connectivity index (χ0n) is 11.3. The summed E-state index contributed by atoms with van der Waals surface area (Å²) in [7, 11) is 0. The Bertz CT molecular complexity index is 204. The van der Waals surface area contributed by atoms with Crippen LogP contribution in [-0.2, 0) is 14.6 Å². The Balaban J connectivity index is 0. The van der Waals surface area contributed by atoms with Crippen molar-refractivity contribution in [3.05, 3.63) is 12.2 Å². The summed E-state index contributed by atoms with van der Waals surface area (Å²) in [6, 6.07) is 0. The molecule has 0 aliphatic heterocycles. The molecule has 0 saturated heterocycles. The van der Waals surface area contributed by atoms with Gasteiger partial charge in [0.05, 0.1) is 11.2 Å². The SMILES string of the molecule is C/C=C/C(=O)O.CC(C)(C)OOC(C)(C)C.